The normalized spacial score (nSPS) is 12.6. The molecule has 0 saturated carbocycles. The van der Waals surface area contributed by atoms with E-state index in [1.807, 2.05) is 31.1 Å². The lowest BCUT2D eigenvalue weighted by Crippen LogP contribution is -2.45. The van der Waals surface area contributed by atoms with Crippen LogP contribution in [0.15, 0.2) is 18.3 Å². The molecule has 1 aromatic heterocycles. The number of carbonyl (C=O) groups excluding carboxylic acids is 1. The van der Waals surface area contributed by atoms with Crippen molar-refractivity contribution in [2.75, 3.05) is 25.6 Å². The van der Waals surface area contributed by atoms with E-state index in [4.69, 9.17) is 0 Å². The highest BCUT2D eigenvalue weighted by Crippen LogP contribution is 2.20. The van der Waals surface area contributed by atoms with Crippen LogP contribution in [0.3, 0.4) is 0 Å². The van der Waals surface area contributed by atoms with Gasteiger partial charge in [-0.3, -0.25) is 0 Å². The number of hydrogen-bond donors (Lipinski definition) is 3. The minimum atomic E-state index is -0.281. The molecule has 6 heteroatoms. The fourth-order valence-corrected chi connectivity index (χ4v) is 2.28. The average molecular weight is 308 g/mol. The Morgan fingerprint density at radius 1 is 1.41 bits per heavy atom. The first-order valence-corrected chi connectivity index (χ1v) is 7.49. The van der Waals surface area contributed by atoms with Crippen molar-refractivity contribution >= 4 is 11.8 Å². The van der Waals surface area contributed by atoms with E-state index in [9.17, 15) is 9.90 Å². The highest BCUT2D eigenvalue weighted by Gasteiger charge is 2.19. The van der Waals surface area contributed by atoms with Crippen molar-refractivity contribution in [1.82, 2.24) is 15.6 Å². The van der Waals surface area contributed by atoms with Gasteiger partial charge >= 0.3 is 6.03 Å². The van der Waals surface area contributed by atoms with Crippen LogP contribution >= 0.6 is 0 Å². The molecular formula is C16H28N4O2. The fraction of sp³-hybridized carbons (Fsp3) is 0.625. The zero-order valence-corrected chi connectivity index (χ0v) is 14.2. The van der Waals surface area contributed by atoms with E-state index in [0.717, 1.165) is 11.4 Å². The van der Waals surface area contributed by atoms with E-state index in [2.05, 4.69) is 36.4 Å². The topological polar surface area (TPSA) is 77.5 Å². The van der Waals surface area contributed by atoms with E-state index in [1.54, 1.807) is 6.20 Å². The molecule has 0 fully saturated rings. The van der Waals surface area contributed by atoms with Gasteiger partial charge in [-0.25, -0.2) is 9.78 Å². The Hall–Kier alpha value is -1.82. The van der Waals surface area contributed by atoms with E-state index >= 15 is 0 Å². The fourth-order valence-electron chi connectivity index (χ4n) is 2.28. The van der Waals surface area contributed by atoms with Crippen LogP contribution in [0.5, 0.6) is 0 Å². The third kappa shape index (κ3) is 6.30. The maximum atomic E-state index is 12.0. The molecule has 22 heavy (non-hydrogen) atoms. The molecule has 6 nitrogen and oxygen atoms in total. The largest absolute Gasteiger partial charge is 0.394 e. The summed E-state index contributed by atoms with van der Waals surface area (Å²) in [4.78, 5) is 18.2. The van der Waals surface area contributed by atoms with Crippen molar-refractivity contribution in [1.29, 1.82) is 0 Å². The molecule has 0 aliphatic rings. The smallest absolute Gasteiger partial charge is 0.315 e. The van der Waals surface area contributed by atoms with Gasteiger partial charge in [0.25, 0.3) is 0 Å². The molecule has 1 unspecified atom stereocenters. The molecule has 1 rings (SSSR count). The van der Waals surface area contributed by atoms with Crippen molar-refractivity contribution in [3.05, 3.63) is 23.9 Å². The van der Waals surface area contributed by atoms with Gasteiger partial charge < -0.3 is 20.6 Å². The molecule has 1 aromatic rings. The van der Waals surface area contributed by atoms with Gasteiger partial charge in [-0.1, -0.05) is 26.8 Å². The molecule has 1 heterocycles. The van der Waals surface area contributed by atoms with Crippen LogP contribution in [0.25, 0.3) is 0 Å². The van der Waals surface area contributed by atoms with Gasteiger partial charge in [-0.05, 0) is 17.9 Å². The van der Waals surface area contributed by atoms with Crippen LogP contribution in [0.4, 0.5) is 10.6 Å². The molecule has 0 saturated heterocycles. The molecule has 3 N–H and O–H groups in total. The molecule has 0 aromatic carbocycles. The Bertz CT molecular complexity index is 483. The van der Waals surface area contributed by atoms with Crippen LogP contribution < -0.4 is 15.5 Å². The number of hydrogen-bond acceptors (Lipinski definition) is 4. The third-order valence-corrected chi connectivity index (χ3v) is 3.14. The Kier molecular flexibility index (Phi) is 6.61. The lowest BCUT2D eigenvalue weighted by atomic mass is 9.88. The third-order valence-electron chi connectivity index (χ3n) is 3.14. The Balaban J connectivity index is 2.56. The summed E-state index contributed by atoms with van der Waals surface area (Å²) in [5, 5.41) is 15.0. The number of aliphatic hydroxyl groups is 1. The number of nitrogens with zero attached hydrogens (tertiary/aromatic N) is 2. The number of pyridine rings is 1. The summed E-state index contributed by atoms with van der Waals surface area (Å²) >= 11 is 0. The van der Waals surface area contributed by atoms with E-state index in [-0.39, 0.29) is 24.1 Å². The number of anilines is 1. The summed E-state index contributed by atoms with van der Waals surface area (Å²) in [7, 11) is 3.83. The standard InChI is InChI=1S/C16H28N4O2/c1-16(2,3)9-13(11-21)19-15(22)18-10-12-7-6-8-17-14(12)20(4)5/h6-8,13,21H,9-11H2,1-5H3,(H2,18,19,22). The maximum absolute atomic E-state index is 12.0. The summed E-state index contributed by atoms with van der Waals surface area (Å²) in [6.07, 6.45) is 2.44. The Morgan fingerprint density at radius 3 is 2.64 bits per heavy atom. The number of carbonyl (C=O) groups is 1. The van der Waals surface area contributed by atoms with Gasteiger partial charge in [0.1, 0.15) is 5.82 Å². The molecule has 124 valence electrons. The molecule has 0 aliphatic heterocycles. The van der Waals surface area contributed by atoms with Crippen LogP contribution in [-0.4, -0.2) is 42.9 Å². The van der Waals surface area contributed by atoms with Crippen molar-refractivity contribution < 1.29 is 9.90 Å². The number of amides is 2. The zero-order chi connectivity index (χ0) is 16.8. The SMILES string of the molecule is CN(C)c1ncccc1CNC(=O)NC(CO)CC(C)(C)C. The summed E-state index contributed by atoms with van der Waals surface area (Å²) in [6, 6.07) is 3.25. The van der Waals surface area contributed by atoms with E-state index in [0.29, 0.717) is 13.0 Å². The summed E-state index contributed by atoms with van der Waals surface area (Å²) < 4.78 is 0. The number of aliphatic hydroxyl groups excluding tert-OH is 1. The lowest BCUT2D eigenvalue weighted by Gasteiger charge is -2.25. The zero-order valence-electron chi connectivity index (χ0n) is 14.2. The van der Waals surface area contributed by atoms with Crippen LogP contribution in [-0.2, 0) is 6.54 Å². The average Bonchev–Trinajstić information content (AvgIpc) is 2.43. The van der Waals surface area contributed by atoms with Crippen molar-refractivity contribution in [3.63, 3.8) is 0 Å². The summed E-state index contributed by atoms with van der Waals surface area (Å²) in [5.74, 6) is 0.830. The van der Waals surface area contributed by atoms with Gasteiger partial charge in [-0.2, -0.15) is 0 Å². The van der Waals surface area contributed by atoms with Crippen LogP contribution in [0.1, 0.15) is 32.8 Å². The van der Waals surface area contributed by atoms with E-state index in [1.165, 1.54) is 0 Å². The molecule has 0 radical (unpaired) electrons. The van der Waals surface area contributed by atoms with Crippen molar-refractivity contribution in [3.8, 4) is 0 Å². The highest BCUT2D eigenvalue weighted by molar-refractivity contribution is 5.74. The predicted octanol–water partition coefficient (Wildman–Crippen LogP) is 1.74. The first-order valence-electron chi connectivity index (χ1n) is 7.49. The molecule has 2 amide bonds. The first kappa shape index (κ1) is 18.2. The number of nitrogens with one attached hydrogen (secondary N) is 2. The first-order chi connectivity index (χ1) is 10.2. The molecule has 1 atom stereocenters. The highest BCUT2D eigenvalue weighted by atomic mass is 16.3. The minimum Gasteiger partial charge on any atom is -0.394 e. The second kappa shape index (κ2) is 7.98. The summed E-state index contributed by atoms with van der Waals surface area (Å²) in [5.41, 5.74) is 0.987. The summed E-state index contributed by atoms with van der Waals surface area (Å²) in [6.45, 7) is 6.55. The minimum absolute atomic E-state index is 0.0438. The van der Waals surface area contributed by atoms with Gasteiger partial charge in [0.05, 0.1) is 12.6 Å². The van der Waals surface area contributed by atoms with Gasteiger partial charge in [0, 0.05) is 32.4 Å². The number of aromatic nitrogens is 1. The molecule has 0 spiro atoms. The molecule has 0 aliphatic carbocycles. The second-order valence-corrected chi connectivity index (χ2v) is 6.85. The van der Waals surface area contributed by atoms with Gasteiger partial charge in [0.15, 0.2) is 0 Å². The second-order valence-electron chi connectivity index (χ2n) is 6.85. The van der Waals surface area contributed by atoms with Crippen LogP contribution in [0, 0.1) is 5.41 Å². The predicted molar refractivity (Wildman–Crippen MR) is 88.9 cm³/mol. The van der Waals surface area contributed by atoms with Crippen molar-refractivity contribution in [2.24, 2.45) is 5.41 Å². The van der Waals surface area contributed by atoms with Gasteiger partial charge in [-0.15, -0.1) is 0 Å². The lowest BCUT2D eigenvalue weighted by molar-refractivity contribution is 0.191. The Labute approximate surface area is 132 Å². The van der Waals surface area contributed by atoms with Gasteiger partial charge in [0.2, 0.25) is 0 Å². The maximum Gasteiger partial charge on any atom is 0.315 e. The number of urea groups is 1. The van der Waals surface area contributed by atoms with E-state index < -0.39 is 0 Å². The monoisotopic (exact) mass is 308 g/mol. The Morgan fingerprint density at radius 2 is 2.09 bits per heavy atom. The van der Waals surface area contributed by atoms with Crippen LogP contribution in [0.2, 0.25) is 0 Å². The van der Waals surface area contributed by atoms with Crippen molar-refractivity contribution in [2.45, 2.75) is 39.8 Å². The molecular weight excluding hydrogens is 280 g/mol. The number of rotatable bonds is 6. The quantitative estimate of drug-likeness (QED) is 0.748. The molecule has 0 bridgehead atoms.